The van der Waals surface area contributed by atoms with Crippen LogP contribution in [0, 0.1) is 0 Å². The van der Waals surface area contributed by atoms with Crippen LogP contribution in [0.4, 0.5) is 0 Å². The zero-order valence-electron chi connectivity index (χ0n) is 14.8. The van der Waals surface area contributed by atoms with Gasteiger partial charge in [-0.05, 0) is 17.7 Å². The number of ether oxygens (including phenoxy) is 2. The van der Waals surface area contributed by atoms with Gasteiger partial charge in [-0.15, -0.1) is 0 Å². The Balaban J connectivity index is 1.63. The Morgan fingerprint density at radius 1 is 1.27 bits per heavy atom. The molecule has 0 radical (unpaired) electrons. The van der Waals surface area contributed by atoms with E-state index in [1.165, 1.54) is 0 Å². The minimum absolute atomic E-state index is 0.0951. The van der Waals surface area contributed by atoms with E-state index in [9.17, 15) is 9.59 Å². The number of rotatable bonds is 5. The smallest absolute Gasteiger partial charge is 0.251 e. The van der Waals surface area contributed by atoms with E-state index in [0.29, 0.717) is 11.6 Å². The lowest BCUT2D eigenvalue weighted by Gasteiger charge is -2.38. The fourth-order valence-corrected chi connectivity index (χ4v) is 3.38. The second-order valence-corrected chi connectivity index (χ2v) is 6.91. The molecule has 8 heteroatoms. The molecule has 2 heterocycles. The molecule has 0 unspecified atom stereocenters. The molecule has 2 aliphatic heterocycles. The largest absolute Gasteiger partial charge is 0.379 e. The van der Waals surface area contributed by atoms with Crippen LogP contribution in [-0.2, 0) is 19.1 Å². The number of nitrogens with zero attached hydrogens (tertiary/aromatic N) is 2. The van der Waals surface area contributed by atoms with Crippen LogP contribution in [0.1, 0.15) is 11.6 Å². The molecule has 0 aliphatic carbocycles. The maximum absolute atomic E-state index is 12.7. The van der Waals surface area contributed by atoms with Crippen molar-refractivity contribution in [2.75, 3.05) is 53.0 Å². The average molecular weight is 382 g/mol. The number of carbonyl (C=O) groups excluding carboxylic acids is 2. The first-order valence-corrected chi connectivity index (χ1v) is 9.14. The zero-order valence-corrected chi connectivity index (χ0v) is 15.6. The molecule has 2 amide bonds. The highest BCUT2D eigenvalue weighted by molar-refractivity contribution is 6.30. The predicted molar refractivity (Wildman–Crippen MR) is 97.0 cm³/mol. The number of likely N-dealkylation sites (N-methyl/N-ethyl adjacent to an activating group) is 1. The minimum atomic E-state index is -0.747. The topological polar surface area (TPSA) is 71.1 Å². The Morgan fingerprint density at radius 3 is 2.65 bits per heavy atom. The van der Waals surface area contributed by atoms with Gasteiger partial charge in [0.15, 0.2) is 6.10 Å². The van der Waals surface area contributed by atoms with Crippen molar-refractivity contribution in [2.45, 2.75) is 12.1 Å². The van der Waals surface area contributed by atoms with E-state index in [1.807, 2.05) is 12.1 Å². The molecule has 0 bridgehead atoms. The van der Waals surface area contributed by atoms with Gasteiger partial charge >= 0.3 is 0 Å². The molecule has 2 saturated heterocycles. The zero-order chi connectivity index (χ0) is 18.5. The van der Waals surface area contributed by atoms with Gasteiger partial charge in [-0.2, -0.15) is 0 Å². The number of amides is 2. The van der Waals surface area contributed by atoms with Crippen molar-refractivity contribution in [3.63, 3.8) is 0 Å². The number of hydrogen-bond donors (Lipinski definition) is 1. The Kier molecular flexibility index (Phi) is 6.48. The molecule has 2 atom stereocenters. The monoisotopic (exact) mass is 381 g/mol. The molecule has 3 rings (SSSR count). The summed E-state index contributed by atoms with van der Waals surface area (Å²) in [6.45, 7) is 4.41. The SMILES string of the molecule is CN1C(=O)CO[C@@H](C(=O)NCCN2CCOCC2)[C@@H]1c1ccc(Cl)cc1. The van der Waals surface area contributed by atoms with Crippen molar-refractivity contribution < 1.29 is 19.1 Å². The second kappa shape index (κ2) is 8.81. The summed E-state index contributed by atoms with van der Waals surface area (Å²) >= 11 is 5.95. The molecule has 1 N–H and O–H groups in total. The quantitative estimate of drug-likeness (QED) is 0.812. The van der Waals surface area contributed by atoms with Crippen LogP contribution in [-0.4, -0.2) is 80.8 Å². The van der Waals surface area contributed by atoms with Gasteiger partial charge in [-0.1, -0.05) is 23.7 Å². The Hall–Kier alpha value is -1.67. The number of benzene rings is 1. The fraction of sp³-hybridized carbons (Fsp3) is 0.556. The number of morpholine rings is 2. The first kappa shape index (κ1) is 19.1. The molecule has 2 aliphatic rings. The van der Waals surface area contributed by atoms with Crippen molar-refractivity contribution in [1.82, 2.24) is 15.1 Å². The van der Waals surface area contributed by atoms with Crippen LogP contribution >= 0.6 is 11.6 Å². The van der Waals surface area contributed by atoms with E-state index in [2.05, 4.69) is 10.2 Å². The number of hydrogen-bond acceptors (Lipinski definition) is 5. The molecule has 1 aromatic carbocycles. The molecule has 2 fully saturated rings. The van der Waals surface area contributed by atoms with Gasteiger partial charge < -0.3 is 19.7 Å². The summed E-state index contributed by atoms with van der Waals surface area (Å²) in [5, 5.41) is 3.54. The van der Waals surface area contributed by atoms with Crippen LogP contribution in [0.15, 0.2) is 24.3 Å². The standard InChI is InChI=1S/C18H24ClN3O4/c1-21-15(23)12-26-17(16(21)13-2-4-14(19)5-3-13)18(24)20-6-7-22-8-10-25-11-9-22/h2-5,16-17H,6-12H2,1H3,(H,20,24)/t16-,17+/m0/s1. The van der Waals surface area contributed by atoms with E-state index in [4.69, 9.17) is 21.1 Å². The third-order valence-corrected chi connectivity index (χ3v) is 5.04. The van der Waals surface area contributed by atoms with E-state index in [1.54, 1.807) is 24.1 Å². The molecule has 1 aromatic rings. The molecule has 26 heavy (non-hydrogen) atoms. The third kappa shape index (κ3) is 4.54. The Bertz CT molecular complexity index is 634. The fourth-order valence-electron chi connectivity index (χ4n) is 3.25. The van der Waals surface area contributed by atoms with Crippen LogP contribution in [0.2, 0.25) is 5.02 Å². The van der Waals surface area contributed by atoms with Gasteiger partial charge in [0.25, 0.3) is 5.91 Å². The molecular weight excluding hydrogens is 358 g/mol. The Labute approximate surface area is 158 Å². The lowest BCUT2D eigenvalue weighted by atomic mass is 9.97. The molecule has 0 saturated carbocycles. The summed E-state index contributed by atoms with van der Waals surface area (Å²) in [6.07, 6.45) is -0.747. The van der Waals surface area contributed by atoms with Gasteiger partial charge in [-0.25, -0.2) is 0 Å². The molecule has 0 aromatic heterocycles. The number of nitrogens with one attached hydrogen (secondary N) is 1. The van der Waals surface area contributed by atoms with Crippen molar-refractivity contribution in [3.05, 3.63) is 34.9 Å². The van der Waals surface area contributed by atoms with Crippen LogP contribution in [0.3, 0.4) is 0 Å². The van der Waals surface area contributed by atoms with Gasteiger partial charge in [0, 0.05) is 38.2 Å². The van der Waals surface area contributed by atoms with E-state index in [0.717, 1.165) is 38.4 Å². The summed E-state index contributed by atoms with van der Waals surface area (Å²) in [5.41, 5.74) is 0.818. The average Bonchev–Trinajstić information content (AvgIpc) is 2.65. The summed E-state index contributed by atoms with van der Waals surface area (Å²) < 4.78 is 10.9. The van der Waals surface area contributed by atoms with Gasteiger partial charge in [0.05, 0.1) is 19.3 Å². The summed E-state index contributed by atoms with van der Waals surface area (Å²) in [4.78, 5) is 28.6. The van der Waals surface area contributed by atoms with E-state index < -0.39 is 12.1 Å². The first-order valence-electron chi connectivity index (χ1n) is 8.77. The molecule has 7 nitrogen and oxygen atoms in total. The van der Waals surface area contributed by atoms with Crippen molar-refractivity contribution >= 4 is 23.4 Å². The maximum atomic E-state index is 12.7. The second-order valence-electron chi connectivity index (χ2n) is 6.48. The number of carbonyl (C=O) groups is 2. The van der Waals surface area contributed by atoms with Crippen LogP contribution in [0.25, 0.3) is 0 Å². The van der Waals surface area contributed by atoms with Crippen molar-refractivity contribution in [3.8, 4) is 0 Å². The third-order valence-electron chi connectivity index (χ3n) is 4.78. The number of halogens is 1. The molecule has 0 spiro atoms. The minimum Gasteiger partial charge on any atom is -0.379 e. The summed E-state index contributed by atoms with van der Waals surface area (Å²) in [7, 11) is 1.69. The normalized spacial score (nSPS) is 24.5. The van der Waals surface area contributed by atoms with Crippen LogP contribution in [0.5, 0.6) is 0 Å². The molecule has 142 valence electrons. The van der Waals surface area contributed by atoms with E-state index >= 15 is 0 Å². The maximum Gasteiger partial charge on any atom is 0.251 e. The molecular formula is C18H24ClN3O4. The van der Waals surface area contributed by atoms with Crippen molar-refractivity contribution in [1.29, 1.82) is 0 Å². The van der Waals surface area contributed by atoms with Gasteiger partial charge in [0.2, 0.25) is 5.91 Å². The predicted octanol–water partition coefficient (Wildman–Crippen LogP) is 0.687. The highest BCUT2D eigenvalue weighted by Crippen LogP contribution is 2.30. The summed E-state index contributed by atoms with van der Waals surface area (Å²) in [5.74, 6) is -0.361. The Morgan fingerprint density at radius 2 is 1.96 bits per heavy atom. The lowest BCUT2D eigenvalue weighted by Crippen LogP contribution is -2.53. The van der Waals surface area contributed by atoms with Crippen molar-refractivity contribution in [2.24, 2.45) is 0 Å². The van der Waals surface area contributed by atoms with Gasteiger partial charge in [0.1, 0.15) is 6.61 Å². The van der Waals surface area contributed by atoms with Crippen LogP contribution < -0.4 is 5.32 Å². The summed E-state index contributed by atoms with van der Waals surface area (Å²) in [6, 6.07) is 6.66. The highest BCUT2D eigenvalue weighted by atomic mass is 35.5. The lowest BCUT2D eigenvalue weighted by molar-refractivity contribution is -0.162. The van der Waals surface area contributed by atoms with E-state index in [-0.39, 0.29) is 18.4 Å². The highest BCUT2D eigenvalue weighted by Gasteiger charge is 2.39. The first-order chi connectivity index (χ1) is 12.6. The van der Waals surface area contributed by atoms with Gasteiger partial charge in [-0.3, -0.25) is 14.5 Å².